The van der Waals surface area contributed by atoms with E-state index < -0.39 is 4.92 Å². The number of thioether (sulfide) groups is 1. The number of benzene rings is 2. The van der Waals surface area contributed by atoms with Gasteiger partial charge in [-0.25, -0.2) is 0 Å². The van der Waals surface area contributed by atoms with Crippen molar-refractivity contribution in [2.24, 2.45) is 0 Å². The maximum atomic E-state index is 10.5. The molecule has 20 heavy (non-hydrogen) atoms. The summed E-state index contributed by atoms with van der Waals surface area (Å²) < 4.78 is 5.62. The molecule has 5 heteroatoms. The molecule has 0 N–H and O–H groups in total. The maximum absolute atomic E-state index is 10.5. The minimum atomic E-state index is -0.394. The smallest absolute Gasteiger partial charge is 0.269 e. The van der Waals surface area contributed by atoms with Gasteiger partial charge in [0, 0.05) is 22.8 Å². The van der Waals surface area contributed by atoms with Crippen molar-refractivity contribution in [1.29, 1.82) is 0 Å². The summed E-state index contributed by atoms with van der Waals surface area (Å²) in [4.78, 5) is 11.1. The Hall–Kier alpha value is -2.01. The molecular formula is C15H15NO3S. The van der Waals surface area contributed by atoms with Gasteiger partial charge in [-0.15, -0.1) is 11.8 Å². The highest BCUT2D eigenvalue weighted by Gasteiger charge is 2.04. The summed E-state index contributed by atoms with van der Waals surface area (Å²) >= 11 is 1.62. The van der Waals surface area contributed by atoms with Crippen molar-refractivity contribution in [3.05, 3.63) is 64.2 Å². The number of nitro benzene ring substituents is 1. The third-order valence-corrected chi connectivity index (χ3v) is 3.67. The van der Waals surface area contributed by atoms with E-state index in [-0.39, 0.29) is 5.69 Å². The van der Waals surface area contributed by atoms with Crippen LogP contribution in [0, 0.1) is 17.0 Å². The fourth-order valence-corrected chi connectivity index (χ4v) is 2.35. The number of aryl methyl sites for hydroxylation is 1. The van der Waals surface area contributed by atoms with Gasteiger partial charge >= 0.3 is 0 Å². The number of nitro groups is 1. The molecule has 0 bridgehead atoms. The van der Waals surface area contributed by atoms with Gasteiger partial charge < -0.3 is 4.74 Å². The van der Waals surface area contributed by atoms with Crippen LogP contribution in [-0.2, 0) is 0 Å². The third kappa shape index (κ3) is 4.28. The highest BCUT2D eigenvalue weighted by Crippen LogP contribution is 2.21. The quantitative estimate of drug-likeness (QED) is 0.348. The van der Waals surface area contributed by atoms with Gasteiger partial charge in [0.05, 0.1) is 11.5 Å². The monoisotopic (exact) mass is 289 g/mol. The Morgan fingerprint density at radius 3 is 2.35 bits per heavy atom. The number of non-ortho nitro benzene ring substituents is 1. The van der Waals surface area contributed by atoms with Crippen LogP contribution in [0.25, 0.3) is 0 Å². The SMILES string of the molecule is Cc1ccc(OCCSc2ccc([N+](=O)[O-])cc2)cc1. The zero-order chi connectivity index (χ0) is 14.4. The van der Waals surface area contributed by atoms with E-state index in [1.54, 1.807) is 23.9 Å². The number of nitrogens with zero attached hydrogens (tertiary/aromatic N) is 1. The summed E-state index contributed by atoms with van der Waals surface area (Å²) in [5, 5.41) is 10.5. The van der Waals surface area contributed by atoms with E-state index in [0.717, 1.165) is 16.4 Å². The molecule has 0 heterocycles. The number of ether oxygens (including phenoxy) is 1. The van der Waals surface area contributed by atoms with Crippen LogP contribution >= 0.6 is 11.8 Å². The van der Waals surface area contributed by atoms with Crippen molar-refractivity contribution in [2.75, 3.05) is 12.4 Å². The Kier molecular flexibility index (Phi) is 5.01. The minimum Gasteiger partial charge on any atom is -0.493 e. The molecule has 0 aliphatic carbocycles. The van der Waals surface area contributed by atoms with Crippen LogP contribution < -0.4 is 4.74 Å². The molecule has 2 rings (SSSR count). The van der Waals surface area contributed by atoms with E-state index in [2.05, 4.69) is 0 Å². The largest absolute Gasteiger partial charge is 0.493 e. The van der Waals surface area contributed by atoms with Gasteiger partial charge in [-0.05, 0) is 31.2 Å². The van der Waals surface area contributed by atoms with Crippen molar-refractivity contribution in [1.82, 2.24) is 0 Å². The normalized spacial score (nSPS) is 10.2. The van der Waals surface area contributed by atoms with E-state index in [1.165, 1.54) is 17.7 Å². The summed E-state index contributed by atoms with van der Waals surface area (Å²) in [6.45, 7) is 2.64. The number of hydrogen-bond donors (Lipinski definition) is 0. The average Bonchev–Trinajstić information content (AvgIpc) is 2.46. The summed E-state index contributed by atoms with van der Waals surface area (Å²) in [7, 11) is 0. The van der Waals surface area contributed by atoms with E-state index in [9.17, 15) is 10.1 Å². The molecule has 4 nitrogen and oxygen atoms in total. The van der Waals surface area contributed by atoms with Gasteiger partial charge in [-0.1, -0.05) is 17.7 Å². The second-order valence-electron chi connectivity index (χ2n) is 4.26. The topological polar surface area (TPSA) is 52.4 Å². The molecule has 0 amide bonds. The van der Waals surface area contributed by atoms with Gasteiger partial charge in [0.1, 0.15) is 5.75 Å². The Labute approximate surface area is 121 Å². The molecule has 0 spiro atoms. The van der Waals surface area contributed by atoms with Crippen LogP contribution in [0.3, 0.4) is 0 Å². The highest BCUT2D eigenvalue weighted by atomic mass is 32.2. The summed E-state index contributed by atoms with van der Waals surface area (Å²) in [5.41, 5.74) is 1.32. The van der Waals surface area contributed by atoms with Crippen LogP contribution in [0.15, 0.2) is 53.4 Å². The lowest BCUT2D eigenvalue weighted by molar-refractivity contribution is -0.384. The molecule has 0 radical (unpaired) electrons. The first kappa shape index (κ1) is 14.4. The molecular weight excluding hydrogens is 274 g/mol. The molecule has 104 valence electrons. The van der Waals surface area contributed by atoms with Crippen molar-refractivity contribution < 1.29 is 9.66 Å². The van der Waals surface area contributed by atoms with Gasteiger partial charge in [0.2, 0.25) is 0 Å². The lowest BCUT2D eigenvalue weighted by Crippen LogP contribution is -1.99. The molecule has 0 fully saturated rings. The van der Waals surface area contributed by atoms with Crippen LogP contribution in [0.5, 0.6) is 5.75 Å². The first-order valence-corrected chi connectivity index (χ1v) is 7.20. The van der Waals surface area contributed by atoms with Crippen molar-refractivity contribution in [3.8, 4) is 5.75 Å². The first-order chi connectivity index (χ1) is 9.65. The average molecular weight is 289 g/mol. The Morgan fingerprint density at radius 1 is 1.10 bits per heavy atom. The van der Waals surface area contributed by atoms with Gasteiger partial charge in [0.25, 0.3) is 5.69 Å². The van der Waals surface area contributed by atoms with Crippen molar-refractivity contribution >= 4 is 17.4 Å². The zero-order valence-electron chi connectivity index (χ0n) is 11.1. The Bertz CT molecular complexity index is 567. The molecule has 2 aromatic rings. The predicted octanol–water partition coefficient (Wildman–Crippen LogP) is 4.07. The lowest BCUT2D eigenvalue weighted by Gasteiger charge is -2.06. The Balaban J connectivity index is 1.75. The van der Waals surface area contributed by atoms with Crippen molar-refractivity contribution in [2.45, 2.75) is 11.8 Å². The van der Waals surface area contributed by atoms with Crippen LogP contribution in [0.1, 0.15) is 5.56 Å². The second kappa shape index (κ2) is 6.96. The van der Waals surface area contributed by atoms with Crippen LogP contribution in [0.2, 0.25) is 0 Å². The minimum absolute atomic E-state index is 0.116. The Morgan fingerprint density at radius 2 is 1.75 bits per heavy atom. The van der Waals surface area contributed by atoms with Gasteiger partial charge in [-0.2, -0.15) is 0 Å². The van der Waals surface area contributed by atoms with Crippen LogP contribution in [-0.4, -0.2) is 17.3 Å². The summed E-state index contributed by atoms with van der Waals surface area (Å²) in [6, 6.07) is 14.5. The van der Waals surface area contributed by atoms with E-state index >= 15 is 0 Å². The zero-order valence-corrected chi connectivity index (χ0v) is 11.9. The molecule has 0 saturated heterocycles. The van der Waals surface area contributed by atoms with Crippen LogP contribution in [0.4, 0.5) is 5.69 Å². The number of rotatable bonds is 6. The fraction of sp³-hybridized carbons (Fsp3) is 0.200. The predicted molar refractivity (Wildman–Crippen MR) is 80.5 cm³/mol. The summed E-state index contributed by atoms with van der Waals surface area (Å²) in [5.74, 6) is 1.66. The summed E-state index contributed by atoms with van der Waals surface area (Å²) in [6.07, 6.45) is 0. The molecule has 0 aromatic heterocycles. The second-order valence-corrected chi connectivity index (χ2v) is 5.43. The van der Waals surface area contributed by atoms with Crippen molar-refractivity contribution in [3.63, 3.8) is 0 Å². The molecule has 0 atom stereocenters. The molecule has 0 aliphatic rings. The van der Waals surface area contributed by atoms with Gasteiger partial charge in [0.15, 0.2) is 0 Å². The molecule has 0 aliphatic heterocycles. The van der Waals surface area contributed by atoms with E-state index in [0.29, 0.717) is 6.61 Å². The molecule has 2 aromatic carbocycles. The third-order valence-electron chi connectivity index (χ3n) is 2.69. The molecule has 0 saturated carbocycles. The maximum Gasteiger partial charge on any atom is 0.269 e. The number of hydrogen-bond acceptors (Lipinski definition) is 4. The standard InChI is InChI=1S/C15H15NO3S/c1-12-2-6-14(7-3-12)19-10-11-20-15-8-4-13(5-9-15)16(17)18/h2-9H,10-11H2,1H3. The lowest BCUT2D eigenvalue weighted by atomic mass is 10.2. The van der Waals surface area contributed by atoms with Gasteiger partial charge in [-0.3, -0.25) is 10.1 Å². The molecule has 0 unspecified atom stereocenters. The fourth-order valence-electron chi connectivity index (χ4n) is 1.62. The van der Waals surface area contributed by atoms with E-state index in [1.807, 2.05) is 31.2 Å². The van der Waals surface area contributed by atoms with E-state index in [4.69, 9.17) is 4.74 Å². The highest BCUT2D eigenvalue weighted by molar-refractivity contribution is 7.99. The first-order valence-electron chi connectivity index (χ1n) is 6.22.